The molecular weight excluding hydrogens is 897 g/mol. The van der Waals surface area contributed by atoms with Gasteiger partial charge in [-0.15, -0.1) is 0 Å². The highest BCUT2D eigenvalue weighted by molar-refractivity contribution is 6.00. The summed E-state index contributed by atoms with van der Waals surface area (Å²) in [6, 6.07) is 14.4. The Morgan fingerprint density at radius 1 is 0.914 bits per heavy atom. The number of fused-ring (bicyclic) bond motifs is 5. The van der Waals surface area contributed by atoms with E-state index in [-0.39, 0.29) is 46.2 Å². The number of hydrogen-bond acceptors (Lipinski definition) is 9. The Kier molecular flexibility index (Phi) is 9.83. The third-order valence-corrected chi connectivity index (χ3v) is 16.0. The minimum atomic E-state index is -0.887. The number of H-pyrrole nitrogens is 1. The third kappa shape index (κ3) is 6.44. The van der Waals surface area contributed by atoms with E-state index < -0.39 is 35.0 Å². The number of carbonyl (C=O) groups excluding carboxylic acids is 1. The largest absolute Gasteiger partial charge is 0.438 e. The molecule has 4 aliphatic rings. The predicted octanol–water partition coefficient (Wildman–Crippen LogP) is 8.03. The zero-order valence-corrected chi connectivity index (χ0v) is 40.5. The number of amides is 1. The van der Waals surface area contributed by atoms with Crippen LogP contribution in [-0.2, 0) is 17.3 Å². The molecule has 2 saturated heterocycles. The van der Waals surface area contributed by atoms with Crippen molar-refractivity contribution in [3.05, 3.63) is 139 Å². The molecular formula is C52H55F2N11O5. The molecule has 18 heteroatoms. The van der Waals surface area contributed by atoms with E-state index >= 15 is 18.4 Å². The first-order chi connectivity index (χ1) is 33.5. The molecule has 0 spiro atoms. The second-order valence-electron chi connectivity index (χ2n) is 20.8. The fraction of sp³-hybridized carbons (Fsp3) is 0.423. The lowest BCUT2D eigenvalue weighted by Crippen LogP contribution is -2.58. The molecule has 1 amide bonds. The molecule has 362 valence electrons. The molecule has 8 heterocycles. The van der Waals surface area contributed by atoms with Gasteiger partial charge in [0.15, 0.2) is 11.6 Å². The molecule has 6 atom stereocenters. The van der Waals surface area contributed by atoms with E-state index in [1.54, 1.807) is 60.7 Å². The standard InChI is InChI=1S/C52H55F2N11O5/c1-27-20-34(21-28(2)42(27)53)65-46(62-18-17-61(50(62)68)39-14-13-38-36(43(39)54)26-55-60(38)8)41-30(4)63(45-35(44(41)57-65)10-9-16-59(45)7)47(66)40-23-33-22-31(32-15-19-69-51(5,6)25-32)11-12-37(33)64(40)52(24-29(52)3)48-56-49(67)70-58-48/h11-14,17-18,20-23,26,29-30,32,35,45H,9-10,15-16,19,24-25H2,1-8H3,(H,56,58,67)/t29-,30-,32-,35?,45?,52-/m0/s1. The molecule has 0 radical (unpaired) electrons. The van der Waals surface area contributed by atoms with Crippen molar-refractivity contribution in [2.75, 3.05) is 20.2 Å². The fourth-order valence-corrected chi connectivity index (χ4v) is 12.5. The Morgan fingerprint density at radius 3 is 2.37 bits per heavy atom. The molecule has 5 aromatic heterocycles. The topological polar surface area (TPSA) is 159 Å². The molecule has 12 rings (SSSR count). The number of hydrogen-bond donors (Lipinski definition) is 1. The number of ether oxygens (including phenoxy) is 1. The van der Waals surface area contributed by atoms with Gasteiger partial charge >= 0.3 is 11.4 Å². The van der Waals surface area contributed by atoms with Crippen LogP contribution < -0.4 is 11.4 Å². The maximum absolute atomic E-state index is 16.4. The average molecular weight is 952 g/mol. The summed E-state index contributed by atoms with van der Waals surface area (Å²) in [6.45, 7) is 13.0. The summed E-state index contributed by atoms with van der Waals surface area (Å²) < 4.78 is 51.0. The molecule has 3 aliphatic heterocycles. The number of nitrogens with one attached hydrogen (secondary N) is 1. The summed E-state index contributed by atoms with van der Waals surface area (Å²) in [5.41, 5.74) is 4.01. The van der Waals surface area contributed by atoms with Gasteiger partial charge in [-0.3, -0.25) is 33.0 Å². The smallest absolute Gasteiger partial charge is 0.376 e. The minimum Gasteiger partial charge on any atom is -0.376 e. The number of likely N-dealkylation sites (N-methyl/N-ethyl adjacent to an activating group) is 1. The Bertz CT molecular complexity index is 3570. The molecule has 1 N–H and O–H groups in total. The first kappa shape index (κ1) is 44.3. The number of aryl methyl sites for hydroxylation is 3. The van der Waals surface area contributed by atoms with Gasteiger partial charge in [0.25, 0.3) is 5.91 Å². The lowest BCUT2D eigenvalue weighted by molar-refractivity contribution is -0.0592. The number of nitrogens with zero attached hydrogens (tertiary/aromatic N) is 10. The van der Waals surface area contributed by atoms with Gasteiger partial charge in [-0.2, -0.15) is 10.2 Å². The third-order valence-electron chi connectivity index (χ3n) is 16.0. The van der Waals surface area contributed by atoms with E-state index in [9.17, 15) is 4.79 Å². The molecule has 3 aromatic carbocycles. The molecule has 70 heavy (non-hydrogen) atoms. The van der Waals surface area contributed by atoms with Crippen molar-refractivity contribution in [1.82, 2.24) is 53.2 Å². The highest BCUT2D eigenvalue weighted by Gasteiger charge is 2.60. The Hall–Kier alpha value is -6.92. The number of rotatable bonds is 7. The number of piperidine rings is 1. The van der Waals surface area contributed by atoms with Crippen molar-refractivity contribution in [2.24, 2.45) is 13.0 Å². The van der Waals surface area contributed by atoms with Crippen LogP contribution >= 0.6 is 0 Å². The summed E-state index contributed by atoms with van der Waals surface area (Å²) in [5, 5.41) is 15.0. The summed E-state index contributed by atoms with van der Waals surface area (Å²) in [5.74, 6) is -1.22. The molecule has 2 unspecified atom stereocenters. The zero-order valence-electron chi connectivity index (χ0n) is 40.5. The quantitative estimate of drug-likeness (QED) is 0.167. The monoisotopic (exact) mass is 951 g/mol. The summed E-state index contributed by atoms with van der Waals surface area (Å²) >= 11 is 0. The average Bonchev–Trinajstić information content (AvgIpc) is 3.96. The van der Waals surface area contributed by atoms with Gasteiger partial charge in [0.05, 0.1) is 52.0 Å². The normalized spacial score (nSPS) is 24.4. The maximum atomic E-state index is 16.4. The van der Waals surface area contributed by atoms with E-state index in [1.165, 1.54) is 21.5 Å². The molecule has 1 saturated carbocycles. The first-order valence-electron chi connectivity index (χ1n) is 24.2. The van der Waals surface area contributed by atoms with Crippen molar-refractivity contribution in [3.63, 3.8) is 0 Å². The molecule has 8 aromatic rings. The van der Waals surface area contributed by atoms with Crippen LogP contribution in [0.4, 0.5) is 8.78 Å². The number of halogens is 2. The second kappa shape index (κ2) is 15.5. The number of aromatic nitrogens is 9. The minimum absolute atomic E-state index is 0.0195. The van der Waals surface area contributed by atoms with E-state index in [4.69, 9.17) is 14.4 Å². The lowest BCUT2D eigenvalue weighted by Gasteiger charge is -2.50. The number of carbonyl (C=O) groups is 1. The van der Waals surface area contributed by atoms with Crippen LogP contribution in [0.1, 0.15) is 122 Å². The van der Waals surface area contributed by atoms with Crippen LogP contribution in [0.15, 0.2) is 81.2 Å². The van der Waals surface area contributed by atoms with E-state index in [1.807, 2.05) is 24.9 Å². The molecule has 16 nitrogen and oxygen atoms in total. The van der Waals surface area contributed by atoms with Crippen LogP contribution in [-0.4, -0.2) is 91.1 Å². The van der Waals surface area contributed by atoms with Gasteiger partial charge in [0.2, 0.25) is 0 Å². The van der Waals surface area contributed by atoms with Gasteiger partial charge < -0.3 is 14.2 Å². The van der Waals surface area contributed by atoms with Crippen molar-refractivity contribution in [3.8, 4) is 17.2 Å². The SMILES string of the molecule is Cc1cc(-n2nc3c(c2-n2ccn(-c4ccc5c(cnn5C)c4F)c2=O)[C@H](C)N(C(=O)c2cc4cc([C@H]5CCOC(C)(C)C5)ccc4n2[C@@]2(c4noc(=O)[nH]4)C[C@@H]2C)C2C3CCCN2C)cc(C)c1F. The second-order valence-corrected chi connectivity index (χ2v) is 20.8. The number of imidazole rings is 1. The van der Waals surface area contributed by atoms with Gasteiger partial charge in [-0.25, -0.2) is 23.1 Å². The Labute approximate surface area is 401 Å². The van der Waals surface area contributed by atoms with E-state index in [2.05, 4.69) is 63.7 Å². The van der Waals surface area contributed by atoms with Crippen LogP contribution in [0.3, 0.4) is 0 Å². The van der Waals surface area contributed by atoms with Crippen molar-refractivity contribution < 1.29 is 22.8 Å². The molecule has 1 aliphatic carbocycles. The van der Waals surface area contributed by atoms with E-state index in [0.717, 1.165) is 48.0 Å². The Morgan fingerprint density at radius 2 is 1.66 bits per heavy atom. The highest BCUT2D eigenvalue weighted by atomic mass is 19.1. The van der Waals surface area contributed by atoms with Crippen LogP contribution in [0.5, 0.6) is 0 Å². The van der Waals surface area contributed by atoms with Gasteiger partial charge in [-0.05, 0) is 151 Å². The first-order valence-corrected chi connectivity index (χ1v) is 24.2. The summed E-state index contributed by atoms with van der Waals surface area (Å²) in [4.78, 5) is 50.9. The summed E-state index contributed by atoms with van der Waals surface area (Å²) in [6.07, 6.45) is 7.94. The zero-order chi connectivity index (χ0) is 48.9. The van der Waals surface area contributed by atoms with Gasteiger partial charge in [0.1, 0.15) is 22.9 Å². The molecule has 3 fully saturated rings. The van der Waals surface area contributed by atoms with Crippen molar-refractivity contribution >= 4 is 27.7 Å². The van der Waals surface area contributed by atoms with Crippen molar-refractivity contribution in [2.45, 2.75) is 109 Å². The molecule has 0 bridgehead atoms. The number of aromatic amines is 1. The maximum Gasteiger partial charge on any atom is 0.438 e. The number of benzene rings is 3. The lowest BCUT2D eigenvalue weighted by atomic mass is 9.82. The Balaban J connectivity index is 1.07. The summed E-state index contributed by atoms with van der Waals surface area (Å²) in [7, 11) is 3.75. The van der Waals surface area contributed by atoms with Crippen molar-refractivity contribution in [1.29, 1.82) is 0 Å². The fourth-order valence-electron chi connectivity index (χ4n) is 12.5. The van der Waals surface area contributed by atoms with Crippen LogP contribution in [0.25, 0.3) is 39.0 Å². The van der Waals surface area contributed by atoms with E-state index in [0.29, 0.717) is 64.7 Å². The van der Waals surface area contributed by atoms with Crippen LogP contribution in [0.2, 0.25) is 0 Å². The van der Waals surface area contributed by atoms with Gasteiger partial charge in [-0.1, -0.05) is 18.1 Å². The highest BCUT2D eigenvalue weighted by Crippen LogP contribution is 2.57. The number of likely N-dealkylation sites (tertiary alicyclic amines) is 1. The predicted molar refractivity (Wildman–Crippen MR) is 257 cm³/mol. The van der Waals surface area contributed by atoms with Crippen LogP contribution in [0, 0.1) is 31.4 Å². The van der Waals surface area contributed by atoms with Gasteiger partial charge in [0, 0.05) is 48.4 Å².